The molecule has 4 heteroatoms. The Morgan fingerprint density at radius 1 is 1.33 bits per heavy atom. The average molecular weight is 173 g/mol. The van der Waals surface area contributed by atoms with E-state index in [9.17, 15) is 0 Å². The molecule has 0 aliphatic heterocycles. The van der Waals surface area contributed by atoms with E-state index in [-0.39, 0.29) is 6.61 Å². The number of nitrogens with one attached hydrogen (secondary N) is 3. The van der Waals surface area contributed by atoms with Crippen LogP contribution in [0.5, 0.6) is 0 Å². The Hall–Kier alpha value is -0.580. The van der Waals surface area contributed by atoms with Crippen molar-refractivity contribution in [3.8, 4) is 0 Å². The van der Waals surface area contributed by atoms with Crippen LogP contribution < -0.4 is 16.0 Å². The molecular formula is C8H19N3O. The standard InChI is InChI=1S/C8H19N3O/c1-7(9-2)5-8(6-12,10-3)11-4/h5,9-12H,6H2,1-4H3. The minimum atomic E-state index is -0.521. The number of aliphatic hydroxyl groups is 1. The highest BCUT2D eigenvalue weighted by Crippen LogP contribution is 2.02. The first-order valence-corrected chi connectivity index (χ1v) is 4.00. The van der Waals surface area contributed by atoms with E-state index in [0.717, 1.165) is 5.70 Å². The highest BCUT2D eigenvalue weighted by atomic mass is 16.3. The molecule has 0 aromatic rings. The van der Waals surface area contributed by atoms with Crippen LogP contribution in [-0.4, -0.2) is 38.5 Å². The van der Waals surface area contributed by atoms with Crippen LogP contribution in [0.15, 0.2) is 11.8 Å². The normalized spacial score (nSPS) is 13.2. The maximum atomic E-state index is 9.12. The summed E-state index contributed by atoms with van der Waals surface area (Å²) in [6, 6.07) is 0. The topological polar surface area (TPSA) is 56.3 Å². The minimum Gasteiger partial charge on any atom is -0.393 e. The van der Waals surface area contributed by atoms with Crippen molar-refractivity contribution in [3.05, 3.63) is 11.8 Å². The second-order valence-electron chi connectivity index (χ2n) is 2.71. The molecule has 72 valence electrons. The van der Waals surface area contributed by atoms with Gasteiger partial charge in [0, 0.05) is 12.7 Å². The van der Waals surface area contributed by atoms with Gasteiger partial charge in [-0.25, -0.2) is 0 Å². The maximum absolute atomic E-state index is 9.12. The van der Waals surface area contributed by atoms with Gasteiger partial charge in [0.2, 0.25) is 0 Å². The van der Waals surface area contributed by atoms with Crippen molar-refractivity contribution < 1.29 is 5.11 Å². The van der Waals surface area contributed by atoms with Gasteiger partial charge < -0.3 is 10.4 Å². The van der Waals surface area contributed by atoms with E-state index in [1.165, 1.54) is 0 Å². The van der Waals surface area contributed by atoms with E-state index < -0.39 is 5.66 Å². The summed E-state index contributed by atoms with van der Waals surface area (Å²) < 4.78 is 0. The van der Waals surface area contributed by atoms with E-state index in [1.807, 2.05) is 20.0 Å². The summed E-state index contributed by atoms with van der Waals surface area (Å²) in [6.07, 6.45) is 1.91. The molecule has 0 unspecified atom stereocenters. The van der Waals surface area contributed by atoms with Crippen molar-refractivity contribution in [3.63, 3.8) is 0 Å². The predicted octanol–water partition coefficient (Wildman–Crippen LogP) is -0.763. The van der Waals surface area contributed by atoms with E-state index in [2.05, 4.69) is 16.0 Å². The molecule has 0 saturated heterocycles. The van der Waals surface area contributed by atoms with Crippen LogP contribution in [0.4, 0.5) is 0 Å². The third-order valence-corrected chi connectivity index (χ3v) is 2.00. The van der Waals surface area contributed by atoms with Gasteiger partial charge in [0.25, 0.3) is 0 Å². The maximum Gasteiger partial charge on any atom is 0.113 e. The molecule has 0 bridgehead atoms. The lowest BCUT2D eigenvalue weighted by Crippen LogP contribution is -2.55. The van der Waals surface area contributed by atoms with E-state index in [4.69, 9.17) is 5.11 Å². The lowest BCUT2D eigenvalue weighted by atomic mass is 10.1. The van der Waals surface area contributed by atoms with Gasteiger partial charge in [0.15, 0.2) is 0 Å². The Bertz CT molecular complexity index is 144. The molecule has 0 aliphatic rings. The summed E-state index contributed by atoms with van der Waals surface area (Å²) in [5.74, 6) is 0. The zero-order valence-corrected chi connectivity index (χ0v) is 8.23. The van der Waals surface area contributed by atoms with Gasteiger partial charge in [-0.3, -0.25) is 10.6 Å². The molecule has 0 aromatic heterocycles. The SMILES string of the molecule is CNC(C)=CC(CO)(NC)NC. The number of aliphatic hydroxyl groups excluding tert-OH is 1. The number of hydrogen-bond acceptors (Lipinski definition) is 4. The largest absolute Gasteiger partial charge is 0.393 e. The highest BCUT2D eigenvalue weighted by molar-refractivity contribution is 5.09. The van der Waals surface area contributed by atoms with Crippen LogP contribution in [0.1, 0.15) is 6.92 Å². The molecule has 0 rings (SSSR count). The van der Waals surface area contributed by atoms with Gasteiger partial charge in [-0.05, 0) is 27.1 Å². The van der Waals surface area contributed by atoms with Gasteiger partial charge in [-0.2, -0.15) is 0 Å². The number of rotatable bonds is 5. The van der Waals surface area contributed by atoms with Crippen molar-refractivity contribution in [2.45, 2.75) is 12.6 Å². The second-order valence-corrected chi connectivity index (χ2v) is 2.71. The first kappa shape index (κ1) is 11.4. The van der Waals surface area contributed by atoms with Crippen LogP contribution >= 0.6 is 0 Å². The Balaban J connectivity index is 4.49. The number of hydrogen-bond donors (Lipinski definition) is 4. The Labute approximate surface area is 74.0 Å². The van der Waals surface area contributed by atoms with Gasteiger partial charge in [0.1, 0.15) is 5.66 Å². The smallest absolute Gasteiger partial charge is 0.113 e. The Kier molecular flexibility index (Phi) is 4.89. The van der Waals surface area contributed by atoms with E-state index in [1.54, 1.807) is 14.1 Å². The van der Waals surface area contributed by atoms with Gasteiger partial charge in [-0.1, -0.05) is 0 Å². The van der Waals surface area contributed by atoms with Gasteiger partial charge in [-0.15, -0.1) is 0 Å². The lowest BCUT2D eigenvalue weighted by molar-refractivity contribution is 0.181. The lowest BCUT2D eigenvalue weighted by Gasteiger charge is -2.28. The predicted molar refractivity (Wildman–Crippen MR) is 50.8 cm³/mol. The minimum absolute atomic E-state index is 0.0129. The van der Waals surface area contributed by atoms with Gasteiger partial charge >= 0.3 is 0 Å². The summed E-state index contributed by atoms with van der Waals surface area (Å²) in [4.78, 5) is 0. The van der Waals surface area contributed by atoms with E-state index >= 15 is 0 Å². The van der Waals surface area contributed by atoms with Crippen molar-refractivity contribution in [2.75, 3.05) is 27.7 Å². The van der Waals surface area contributed by atoms with Gasteiger partial charge in [0.05, 0.1) is 6.61 Å². The molecule has 4 N–H and O–H groups in total. The van der Waals surface area contributed by atoms with Crippen LogP contribution in [0.25, 0.3) is 0 Å². The highest BCUT2D eigenvalue weighted by Gasteiger charge is 2.21. The Morgan fingerprint density at radius 2 is 1.83 bits per heavy atom. The molecule has 0 aliphatic carbocycles. The third kappa shape index (κ3) is 2.81. The first-order chi connectivity index (χ1) is 5.64. The molecule has 12 heavy (non-hydrogen) atoms. The first-order valence-electron chi connectivity index (χ1n) is 4.00. The Morgan fingerprint density at radius 3 is 2.08 bits per heavy atom. The van der Waals surface area contributed by atoms with Crippen LogP contribution in [-0.2, 0) is 0 Å². The molecule has 0 saturated carbocycles. The van der Waals surface area contributed by atoms with Crippen LogP contribution in [0.2, 0.25) is 0 Å². The summed E-state index contributed by atoms with van der Waals surface area (Å²) in [6.45, 7) is 1.96. The summed E-state index contributed by atoms with van der Waals surface area (Å²) in [7, 11) is 5.44. The molecule has 4 nitrogen and oxygen atoms in total. The molecule has 0 fully saturated rings. The fourth-order valence-corrected chi connectivity index (χ4v) is 0.915. The third-order valence-electron chi connectivity index (χ3n) is 2.00. The quantitative estimate of drug-likeness (QED) is 0.413. The van der Waals surface area contributed by atoms with Crippen molar-refractivity contribution in [1.29, 1.82) is 0 Å². The monoisotopic (exact) mass is 173 g/mol. The molecule has 0 heterocycles. The number of likely N-dealkylation sites (N-methyl/N-ethyl adjacent to an activating group) is 2. The summed E-state index contributed by atoms with van der Waals surface area (Å²) >= 11 is 0. The second kappa shape index (κ2) is 5.13. The zero-order valence-electron chi connectivity index (χ0n) is 8.23. The number of allylic oxidation sites excluding steroid dienone is 1. The molecule has 0 aromatic carbocycles. The summed E-state index contributed by atoms with van der Waals surface area (Å²) in [5.41, 5.74) is 0.486. The zero-order chi connectivity index (χ0) is 9.61. The van der Waals surface area contributed by atoms with Crippen molar-refractivity contribution >= 4 is 0 Å². The fraction of sp³-hybridized carbons (Fsp3) is 0.750. The average Bonchev–Trinajstić information content (AvgIpc) is 2.14. The van der Waals surface area contributed by atoms with Crippen molar-refractivity contribution in [2.24, 2.45) is 0 Å². The molecule has 0 spiro atoms. The van der Waals surface area contributed by atoms with E-state index in [0.29, 0.717) is 0 Å². The van der Waals surface area contributed by atoms with Crippen LogP contribution in [0.3, 0.4) is 0 Å². The summed E-state index contributed by atoms with van der Waals surface area (Å²) in [5, 5.41) is 18.1. The molecule has 0 radical (unpaired) electrons. The molecular weight excluding hydrogens is 154 g/mol. The fourth-order valence-electron chi connectivity index (χ4n) is 0.915. The molecule has 0 amide bonds. The van der Waals surface area contributed by atoms with Crippen LogP contribution in [0, 0.1) is 0 Å². The van der Waals surface area contributed by atoms with Crippen molar-refractivity contribution in [1.82, 2.24) is 16.0 Å². The molecule has 0 atom stereocenters.